The highest BCUT2D eigenvalue weighted by Crippen LogP contribution is 2.35. The first-order chi connectivity index (χ1) is 13.7. The van der Waals surface area contributed by atoms with E-state index in [1.807, 2.05) is 43.3 Å². The first-order valence-electron chi connectivity index (χ1n) is 9.69. The van der Waals surface area contributed by atoms with Crippen molar-refractivity contribution in [1.82, 2.24) is 14.8 Å². The molecule has 0 spiro atoms. The number of amides is 1. The summed E-state index contributed by atoms with van der Waals surface area (Å²) in [6, 6.07) is 11.9. The fourth-order valence-corrected chi connectivity index (χ4v) is 4.39. The van der Waals surface area contributed by atoms with Crippen LogP contribution in [0.1, 0.15) is 43.7 Å². The maximum Gasteiger partial charge on any atom is 0.234 e. The second-order valence-electron chi connectivity index (χ2n) is 7.15. The lowest BCUT2D eigenvalue weighted by atomic mass is 9.95. The van der Waals surface area contributed by atoms with Gasteiger partial charge in [0.2, 0.25) is 11.7 Å². The fraction of sp³-hybridized carbons (Fsp3) is 0.381. The van der Waals surface area contributed by atoms with E-state index < -0.39 is 0 Å². The third-order valence-electron chi connectivity index (χ3n) is 5.01. The number of benzene rings is 1. The zero-order chi connectivity index (χ0) is 19.3. The summed E-state index contributed by atoms with van der Waals surface area (Å²) in [4.78, 5) is 12.4. The molecule has 0 unspecified atom stereocenters. The smallest absolute Gasteiger partial charge is 0.234 e. The van der Waals surface area contributed by atoms with Gasteiger partial charge in [-0.15, -0.1) is 10.2 Å². The predicted octanol–water partition coefficient (Wildman–Crippen LogP) is 5.08. The molecular formula is C21H24N4O2S. The Kier molecular flexibility index (Phi) is 5.81. The van der Waals surface area contributed by atoms with Gasteiger partial charge in [0.05, 0.1) is 12.0 Å². The summed E-state index contributed by atoms with van der Waals surface area (Å²) < 4.78 is 7.74. The van der Waals surface area contributed by atoms with E-state index in [2.05, 4.69) is 20.1 Å². The van der Waals surface area contributed by atoms with Crippen molar-refractivity contribution < 1.29 is 9.21 Å². The Morgan fingerprint density at radius 3 is 2.68 bits per heavy atom. The van der Waals surface area contributed by atoms with Crippen LogP contribution in [0.5, 0.6) is 0 Å². The van der Waals surface area contributed by atoms with Crippen LogP contribution < -0.4 is 5.32 Å². The third-order valence-corrected chi connectivity index (χ3v) is 5.96. The lowest BCUT2D eigenvalue weighted by Crippen LogP contribution is -2.17. The van der Waals surface area contributed by atoms with Gasteiger partial charge < -0.3 is 9.73 Å². The summed E-state index contributed by atoms with van der Waals surface area (Å²) in [5.74, 6) is 1.70. The van der Waals surface area contributed by atoms with E-state index in [1.165, 1.54) is 36.6 Å². The minimum atomic E-state index is -0.0494. The van der Waals surface area contributed by atoms with Gasteiger partial charge in [-0.2, -0.15) is 0 Å². The molecule has 6 nitrogen and oxygen atoms in total. The molecule has 1 amide bonds. The molecule has 7 heteroatoms. The predicted molar refractivity (Wildman–Crippen MR) is 110 cm³/mol. The van der Waals surface area contributed by atoms with E-state index in [0.29, 0.717) is 11.8 Å². The van der Waals surface area contributed by atoms with Crippen molar-refractivity contribution in [3.8, 4) is 11.6 Å². The van der Waals surface area contributed by atoms with Crippen LogP contribution in [0.25, 0.3) is 11.6 Å². The summed E-state index contributed by atoms with van der Waals surface area (Å²) in [6.07, 6.45) is 7.55. The van der Waals surface area contributed by atoms with Gasteiger partial charge in [0.1, 0.15) is 0 Å². The molecule has 0 saturated heterocycles. The topological polar surface area (TPSA) is 73.0 Å². The second-order valence-corrected chi connectivity index (χ2v) is 8.09. The Labute approximate surface area is 168 Å². The lowest BCUT2D eigenvalue weighted by molar-refractivity contribution is -0.113. The Morgan fingerprint density at radius 2 is 1.96 bits per heavy atom. The number of anilines is 1. The highest BCUT2D eigenvalue weighted by Gasteiger charge is 2.25. The van der Waals surface area contributed by atoms with Gasteiger partial charge >= 0.3 is 0 Å². The lowest BCUT2D eigenvalue weighted by Gasteiger charge is -2.25. The molecule has 2 aromatic heterocycles. The Morgan fingerprint density at radius 1 is 1.18 bits per heavy atom. The zero-order valence-corrected chi connectivity index (χ0v) is 16.7. The summed E-state index contributed by atoms with van der Waals surface area (Å²) >= 11 is 1.42. The van der Waals surface area contributed by atoms with E-state index in [0.717, 1.165) is 29.5 Å². The van der Waals surface area contributed by atoms with Crippen molar-refractivity contribution in [2.45, 2.75) is 50.2 Å². The number of aryl methyl sites for hydroxylation is 1. The number of furan rings is 1. The largest absolute Gasteiger partial charge is 0.461 e. The van der Waals surface area contributed by atoms with E-state index in [4.69, 9.17) is 4.42 Å². The number of hydrogen-bond donors (Lipinski definition) is 1. The van der Waals surface area contributed by atoms with Crippen molar-refractivity contribution in [2.24, 2.45) is 0 Å². The fourth-order valence-electron chi connectivity index (χ4n) is 3.58. The second kappa shape index (κ2) is 8.65. The minimum Gasteiger partial charge on any atom is -0.461 e. The van der Waals surface area contributed by atoms with E-state index in [-0.39, 0.29) is 11.7 Å². The SMILES string of the molecule is Cc1ccc(NC(=O)CSc2nnc(-c3ccco3)n2C2CCCCC2)cc1. The van der Waals surface area contributed by atoms with Gasteiger partial charge in [0, 0.05) is 11.7 Å². The van der Waals surface area contributed by atoms with Gasteiger partial charge in [0.15, 0.2) is 10.9 Å². The van der Waals surface area contributed by atoms with E-state index in [1.54, 1.807) is 6.26 Å². The Bertz CT molecular complexity index is 913. The number of nitrogens with one attached hydrogen (secondary N) is 1. The van der Waals surface area contributed by atoms with Crippen LogP contribution in [0.4, 0.5) is 5.69 Å². The number of aromatic nitrogens is 3. The van der Waals surface area contributed by atoms with Crippen LogP contribution in [0.2, 0.25) is 0 Å². The first-order valence-corrected chi connectivity index (χ1v) is 10.7. The zero-order valence-electron chi connectivity index (χ0n) is 15.9. The molecule has 1 aliphatic carbocycles. The Hall–Kier alpha value is -2.54. The van der Waals surface area contributed by atoms with Crippen LogP contribution in [0, 0.1) is 6.92 Å². The Balaban J connectivity index is 1.49. The molecule has 1 aromatic carbocycles. The minimum absolute atomic E-state index is 0.0494. The summed E-state index contributed by atoms with van der Waals surface area (Å²) in [6.45, 7) is 2.02. The van der Waals surface area contributed by atoms with Gasteiger partial charge in [-0.05, 0) is 44.0 Å². The van der Waals surface area contributed by atoms with Gasteiger partial charge in [-0.3, -0.25) is 9.36 Å². The normalized spacial score (nSPS) is 14.9. The standard InChI is InChI=1S/C21H24N4O2S/c1-15-9-11-16(12-10-15)22-19(26)14-28-21-24-23-20(18-8-5-13-27-18)25(21)17-6-3-2-4-7-17/h5,8-13,17H,2-4,6-7,14H2,1H3,(H,22,26). The number of rotatable bonds is 6. The van der Waals surface area contributed by atoms with Gasteiger partial charge in [0.25, 0.3) is 0 Å². The van der Waals surface area contributed by atoms with Crippen LogP contribution >= 0.6 is 11.8 Å². The van der Waals surface area contributed by atoms with Crippen molar-refractivity contribution in [2.75, 3.05) is 11.1 Å². The molecule has 1 fully saturated rings. The molecule has 3 aromatic rings. The van der Waals surface area contributed by atoms with Crippen molar-refractivity contribution in [3.63, 3.8) is 0 Å². The molecule has 4 rings (SSSR count). The molecule has 28 heavy (non-hydrogen) atoms. The first kappa shape index (κ1) is 18.8. The summed E-state index contributed by atoms with van der Waals surface area (Å²) in [7, 11) is 0. The molecule has 1 saturated carbocycles. The molecule has 1 aliphatic rings. The third kappa shape index (κ3) is 4.30. The van der Waals surface area contributed by atoms with Gasteiger partial charge in [-0.25, -0.2) is 0 Å². The van der Waals surface area contributed by atoms with Crippen molar-refractivity contribution >= 4 is 23.4 Å². The molecule has 146 valence electrons. The van der Waals surface area contributed by atoms with Crippen LogP contribution in [0.3, 0.4) is 0 Å². The monoisotopic (exact) mass is 396 g/mol. The number of nitrogens with zero attached hydrogens (tertiary/aromatic N) is 3. The van der Waals surface area contributed by atoms with Crippen LogP contribution in [-0.4, -0.2) is 26.4 Å². The summed E-state index contributed by atoms with van der Waals surface area (Å²) in [5.41, 5.74) is 1.97. The maximum absolute atomic E-state index is 12.4. The van der Waals surface area contributed by atoms with Crippen LogP contribution in [0.15, 0.2) is 52.2 Å². The molecule has 0 bridgehead atoms. The number of carbonyl (C=O) groups excluding carboxylic acids is 1. The average Bonchev–Trinajstić information content (AvgIpc) is 3.38. The van der Waals surface area contributed by atoms with Gasteiger partial charge in [-0.1, -0.05) is 48.7 Å². The molecule has 0 atom stereocenters. The van der Waals surface area contributed by atoms with Crippen LogP contribution in [-0.2, 0) is 4.79 Å². The van der Waals surface area contributed by atoms with E-state index in [9.17, 15) is 4.79 Å². The highest BCUT2D eigenvalue weighted by molar-refractivity contribution is 7.99. The molecule has 1 N–H and O–H groups in total. The molecular weight excluding hydrogens is 372 g/mol. The number of thioether (sulfide) groups is 1. The molecule has 0 radical (unpaired) electrons. The summed E-state index contributed by atoms with van der Waals surface area (Å²) in [5, 5.41) is 12.5. The molecule has 0 aliphatic heterocycles. The van der Waals surface area contributed by atoms with Crippen molar-refractivity contribution in [3.05, 3.63) is 48.2 Å². The van der Waals surface area contributed by atoms with E-state index >= 15 is 0 Å². The number of carbonyl (C=O) groups is 1. The van der Waals surface area contributed by atoms with Crippen molar-refractivity contribution in [1.29, 1.82) is 0 Å². The maximum atomic E-state index is 12.4. The number of hydrogen-bond acceptors (Lipinski definition) is 5. The highest BCUT2D eigenvalue weighted by atomic mass is 32.2. The average molecular weight is 397 g/mol. The quantitative estimate of drug-likeness (QED) is 0.588. The molecule has 2 heterocycles.